The van der Waals surface area contributed by atoms with E-state index in [4.69, 9.17) is 10.5 Å². The summed E-state index contributed by atoms with van der Waals surface area (Å²) < 4.78 is 10.2. The van der Waals surface area contributed by atoms with E-state index in [-0.39, 0.29) is 12.1 Å². The van der Waals surface area contributed by atoms with Gasteiger partial charge in [-0.05, 0) is 32.2 Å². The Kier molecular flexibility index (Phi) is 4.35. The maximum Gasteiger partial charge on any atom is 0.334 e. The van der Waals surface area contributed by atoms with E-state index < -0.39 is 6.10 Å². The molecular weight excluding hydrogens is 182 g/mol. The Labute approximate surface area is 84.7 Å². The molecule has 3 atom stereocenters. The third-order valence-electron chi connectivity index (χ3n) is 2.80. The molecule has 3 unspecified atom stereocenters. The van der Waals surface area contributed by atoms with E-state index in [0.717, 1.165) is 19.3 Å². The second-order valence-corrected chi connectivity index (χ2v) is 3.77. The third-order valence-corrected chi connectivity index (χ3v) is 2.80. The number of rotatable bonds is 4. The van der Waals surface area contributed by atoms with Crippen molar-refractivity contribution < 1.29 is 14.3 Å². The van der Waals surface area contributed by atoms with Crippen LogP contribution in [0.1, 0.15) is 26.2 Å². The minimum atomic E-state index is -0.475. The number of hydrogen-bond donors (Lipinski definition) is 1. The van der Waals surface area contributed by atoms with E-state index in [1.807, 2.05) is 0 Å². The van der Waals surface area contributed by atoms with Crippen LogP contribution in [-0.2, 0) is 14.3 Å². The molecule has 1 aliphatic rings. The summed E-state index contributed by atoms with van der Waals surface area (Å²) in [6, 6.07) is 0. The topological polar surface area (TPSA) is 61.5 Å². The molecule has 0 amide bonds. The Hall–Kier alpha value is -0.610. The predicted octanol–water partition coefficient (Wildman–Crippen LogP) is 0.692. The molecule has 82 valence electrons. The van der Waals surface area contributed by atoms with Crippen LogP contribution in [0.3, 0.4) is 0 Å². The van der Waals surface area contributed by atoms with Crippen LogP contribution in [0.25, 0.3) is 0 Å². The van der Waals surface area contributed by atoms with Crippen LogP contribution in [0, 0.1) is 5.92 Å². The van der Waals surface area contributed by atoms with Crippen molar-refractivity contribution in [2.45, 2.75) is 38.4 Å². The highest BCUT2D eigenvalue weighted by Crippen LogP contribution is 2.28. The zero-order valence-corrected chi connectivity index (χ0v) is 8.86. The van der Waals surface area contributed by atoms with Crippen molar-refractivity contribution in [2.75, 3.05) is 13.7 Å². The van der Waals surface area contributed by atoms with E-state index in [9.17, 15) is 4.79 Å². The van der Waals surface area contributed by atoms with Crippen LogP contribution in [0.4, 0.5) is 0 Å². The van der Waals surface area contributed by atoms with Gasteiger partial charge >= 0.3 is 5.97 Å². The minimum Gasteiger partial charge on any atom is -0.467 e. The lowest BCUT2D eigenvalue weighted by Gasteiger charge is -2.21. The maximum atomic E-state index is 11.1. The van der Waals surface area contributed by atoms with E-state index in [1.165, 1.54) is 7.11 Å². The lowest BCUT2D eigenvalue weighted by Crippen LogP contribution is -2.32. The predicted molar refractivity (Wildman–Crippen MR) is 52.7 cm³/mol. The molecule has 4 nitrogen and oxygen atoms in total. The van der Waals surface area contributed by atoms with Crippen LogP contribution < -0.4 is 5.73 Å². The first kappa shape index (κ1) is 11.5. The second-order valence-electron chi connectivity index (χ2n) is 3.77. The number of ether oxygens (including phenoxy) is 2. The fourth-order valence-electron chi connectivity index (χ4n) is 1.94. The van der Waals surface area contributed by atoms with E-state index in [1.54, 1.807) is 6.92 Å². The molecule has 1 saturated carbocycles. The summed E-state index contributed by atoms with van der Waals surface area (Å²) in [6.07, 6.45) is 2.91. The summed E-state index contributed by atoms with van der Waals surface area (Å²) in [6.45, 7) is 2.36. The van der Waals surface area contributed by atoms with Gasteiger partial charge in [0.1, 0.15) is 0 Å². The van der Waals surface area contributed by atoms with Gasteiger partial charge in [-0.15, -0.1) is 0 Å². The standard InChI is InChI=1S/C10H19NO3/c1-7(10(12)13-2)14-9-5-3-4-8(9)6-11/h7-9H,3-6,11H2,1-2H3. The third kappa shape index (κ3) is 2.69. The van der Waals surface area contributed by atoms with Gasteiger partial charge in [-0.3, -0.25) is 0 Å². The number of hydrogen-bond acceptors (Lipinski definition) is 4. The summed E-state index contributed by atoms with van der Waals surface area (Å²) >= 11 is 0. The molecule has 1 rings (SSSR count). The van der Waals surface area contributed by atoms with Crippen molar-refractivity contribution in [1.29, 1.82) is 0 Å². The van der Waals surface area contributed by atoms with Gasteiger partial charge in [-0.2, -0.15) is 0 Å². The van der Waals surface area contributed by atoms with Crippen molar-refractivity contribution >= 4 is 5.97 Å². The molecule has 0 aromatic rings. The monoisotopic (exact) mass is 201 g/mol. The number of esters is 1. The highest BCUT2D eigenvalue weighted by molar-refractivity contribution is 5.73. The van der Waals surface area contributed by atoms with Gasteiger partial charge in [0.2, 0.25) is 0 Å². The van der Waals surface area contributed by atoms with Gasteiger partial charge in [-0.25, -0.2) is 4.79 Å². The summed E-state index contributed by atoms with van der Waals surface area (Å²) in [5.74, 6) is 0.0924. The van der Waals surface area contributed by atoms with Crippen molar-refractivity contribution in [3.63, 3.8) is 0 Å². The SMILES string of the molecule is COC(=O)C(C)OC1CCCC1CN. The molecule has 4 heteroatoms. The highest BCUT2D eigenvalue weighted by Gasteiger charge is 2.30. The molecule has 1 fully saturated rings. The lowest BCUT2D eigenvalue weighted by molar-refractivity contribution is -0.157. The molecule has 14 heavy (non-hydrogen) atoms. The van der Waals surface area contributed by atoms with E-state index in [2.05, 4.69) is 4.74 Å². The van der Waals surface area contributed by atoms with Crippen molar-refractivity contribution in [3.8, 4) is 0 Å². The van der Waals surface area contributed by atoms with Crippen LogP contribution in [0.2, 0.25) is 0 Å². The average molecular weight is 201 g/mol. The van der Waals surface area contributed by atoms with E-state index >= 15 is 0 Å². The molecule has 0 aliphatic heterocycles. The van der Waals surface area contributed by atoms with Gasteiger partial charge in [0.15, 0.2) is 6.10 Å². The largest absolute Gasteiger partial charge is 0.467 e. The molecule has 0 bridgehead atoms. The number of carbonyl (C=O) groups excluding carboxylic acids is 1. The second kappa shape index (κ2) is 5.32. The number of nitrogens with two attached hydrogens (primary N) is 1. The number of carbonyl (C=O) groups is 1. The summed E-state index contributed by atoms with van der Waals surface area (Å²) in [4.78, 5) is 11.1. The van der Waals surface area contributed by atoms with Gasteiger partial charge in [0.25, 0.3) is 0 Å². The van der Waals surface area contributed by atoms with Crippen LogP contribution in [-0.4, -0.2) is 31.8 Å². The van der Waals surface area contributed by atoms with E-state index in [0.29, 0.717) is 12.5 Å². The molecule has 0 heterocycles. The Morgan fingerprint density at radius 2 is 2.29 bits per heavy atom. The Balaban J connectivity index is 2.39. The highest BCUT2D eigenvalue weighted by atomic mass is 16.6. The van der Waals surface area contributed by atoms with Gasteiger partial charge in [-0.1, -0.05) is 6.42 Å². The van der Waals surface area contributed by atoms with Gasteiger partial charge < -0.3 is 15.2 Å². The van der Waals surface area contributed by atoms with Crippen LogP contribution in [0.15, 0.2) is 0 Å². The molecule has 0 radical (unpaired) electrons. The van der Waals surface area contributed by atoms with Crippen LogP contribution in [0.5, 0.6) is 0 Å². The zero-order valence-electron chi connectivity index (χ0n) is 8.86. The van der Waals surface area contributed by atoms with Crippen molar-refractivity contribution in [3.05, 3.63) is 0 Å². The Morgan fingerprint density at radius 3 is 2.86 bits per heavy atom. The summed E-state index contributed by atoms with van der Waals surface area (Å²) in [5, 5.41) is 0. The fraction of sp³-hybridized carbons (Fsp3) is 0.900. The summed E-state index contributed by atoms with van der Waals surface area (Å²) in [5.41, 5.74) is 5.61. The zero-order chi connectivity index (χ0) is 10.6. The maximum absolute atomic E-state index is 11.1. The molecular formula is C10H19NO3. The normalized spacial score (nSPS) is 28.8. The minimum absolute atomic E-state index is 0.133. The Bertz CT molecular complexity index is 196. The average Bonchev–Trinajstić information content (AvgIpc) is 2.63. The summed E-state index contributed by atoms with van der Waals surface area (Å²) in [7, 11) is 1.37. The first-order chi connectivity index (χ1) is 6.69. The fourth-order valence-corrected chi connectivity index (χ4v) is 1.94. The molecule has 0 spiro atoms. The molecule has 0 aromatic carbocycles. The van der Waals surface area contributed by atoms with Gasteiger partial charge in [0.05, 0.1) is 13.2 Å². The molecule has 2 N–H and O–H groups in total. The quantitative estimate of drug-likeness (QED) is 0.680. The molecule has 1 aliphatic carbocycles. The van der Waals surface area contributed by atoms with Gasteiger partial charge in [0, 0.05) is 0 Å². The number of methoxy groups -OCH3 is 1. The molecule has 0 aromatic heterocycles. The first-order valence-corrected chi connectivity index (χ1v) is 5.12. The lowest BCUT2D eigenvalue weighted by atomic mass is 10.1. The first-order valence-electron chi connectivity index (χ1n) is 5.12. The smallest absolute Gasteiger partial charge is 0.334 e. The molecule has 0 saturated heterocycles. The van der Waals surface area contributed by atoms with Crippen molar-refractivity contribution in [2.24, 2.45) is 11.7 Å². The Morgan fingerprint density at radius 1 is 1.57 bits per heavy atom. The van der Waals surface area contributed by atoms with Crippen molar-refractivity contribution in [1.82, 2.24) is 0 Å². The van der Waals surface area contributed by atoms with Crippen LogP contribution >= 0.6 is 0 Å².